The van der Waals surface area contributed by atoms with Gasteiger partial charge < -0.3 is 13.8 Å². The van der Waals surface area contributed by atoms with Crippen LogP contribution in [0.4, 0.5) is 4.79 Å². The zero-order chi connectivity index (χ0) is 29.0. The second kappa shape index (κ2) is 13.1. The van der Waals surface area contributed by atoms with Crippen molar-refractivity contribution in [2.24, 2.45) is 0 Å². The summed E-state index contributed by atoms with van der Waals surface area (Å²) in [6, 6.07) is 18.0. The minimum atomic E-state index is -2.68. The summed E-state index contributed by atoms with van der Waals surface area (Å²) in [6.45, 7) is 6.15. The molecule has 210 valence electrons. The Morgan fingerprint density at radius 1 is 1.12 bits per heavy atom. The summed E-state index contributed by atoms with van der Waals surface area (Å²) < 4.78 is 36.4. The molecule has 0 bridgehead atoms. The van der Waals surface area contributed by atoms with Gasteiger partial charge in [-0.1, -0.05) is 72.5 Å². The summed E-state index contributed by atoms with van der Waals surface area (Å²) in [6.07, 6.45) is 0. The molecule has 2 amide bonds. The molecule has 12 heteroatoms. The predicted octanol–water partition coefficient (Wildman–Crippen LogP) is 7.77. The van der Waals surface area contributed by atoms with Gasteiger partial charge in [-0.3, -0.25) is 13.2 Å². The zero-order valence-corrected chi connectivity index (χ0v) is 25.2. The van der Waals surface area contributed by atoms with Crippen LogP contribution in [0.5, 0.6) is 5.75 Å². The van der Waals surface area contributed by atoms with Gasteiger partial charge >= 0.3 is 6.03 Å². The van der Waals surface area contributed by atoms with Crippen LogP contribution in [-0.2, 0) is 17.9 Å². The number of ether oxygens (including phenoxy) is 1. The molecule has 0 radical (unpaired) electrons. The molecule has 0 aliphatic rings. The minimum absolute atomic E-state index is 0.0738. The Bertz CT molecular complexity index is 1520. The van der Waals surface area contributed by atoms with Gasteiger partial charge in [-0.25, -0.2) is 4.79 Å². The Balaban J connectivity index is 1.52. The molecule has 1 N–H and O–H groups in total. The number of nitrogens with one attached hydrogen (secondary N) is 1. The maximum Gasteiger partial charge on any atom is 0.338 e. The first-order chi connectivity index (χ1) is 19.0. The van der Waals surface area contributed by atoms with E-state index in [4.69, 9.17) is 32.5 Å². The zero-order valence-electron chi connectivity index (χ0n) is 22.1. The summed E-state index contributed by atoms with van der Waals surface area (Å²) in [7, 11) is 1.50. The molecule has 1 atom stereocenters. The lowest BCUT2D eigenvalue weighted by molar-refractivity contribution is 0.235. The lowest BCUT2D eigenvalue weighted by atomic mass is 10.0. The second-order valence-corrected chi connectivity index (χ2v) is 11.8. The van der Waals surface area contributed by atoms with Crippen LogP contribution in [0.2, 0.25) is 10.0 Å². The van der Waals surface area contributed by atoms with Crippen molar-refractivity contribution in [3.63, 3.8) is 0 Å². The van der Waals surface area contributed by atoms with Crippen LogP contribution < -0.4 is 9.46 Å². The highest BCUT2D eigenvalue weighted by molar-refractivity contribution is 7.97. The van der Waals surface area contributed by atoms with Crippen molar-refractivity contribution in [3.8, 4) is 28.1 Å². The van der Waals surface area contributed by atoms with Gasteiger partial charge in [-0.15, -0.1) is 0 Å². The average Bonchev–Trinajstić information content (AvgIpc) is 3.32. The number of urea groups is 1. The standard InChI is InChI=1S/C28H27Cl2N3O5S2/c1-16(2)27-21(26(31-38-27)25-22(29)6-5-7-23(25)30)15-37-20-12-10-18(11-13-20)19-9-8-17(3)24(14-19)39-33(4)28(34)32-40(35)36/h5-14,16H,15H2,1-4H3,(H,32,34)(H,35,36)/p-1. The number of carbonyl (C=O) groups is 1. The SMILES string of the molecule is Cc1ccc(-c2ccc(OCc3c(-c4c(Cl)cccc4Cl)noc3C(C)C)cc2)cc1SN(C)C(=O)NS(=O)[O-]. The van der Waals surface area contributed by atoms with E-state index in [1.165, 1.54) is 11.4 Å². The molecule has 1 unspecified atom stereocenters. The third-order valence-corrected chi connectivity index (χ3v) is 8.04. The van der Waals surface area contributed by atoms with E-state index in [1.807, 2.05) is 68.0 Å². The van der Waals surface area contributed by atoms with Crippen molar-refractivity contribution in [1.29, 1.82) is 0 Å². The maximum absolute atomic E-state index is 12.0. The van der Waals surface area contributed by atoms with E-state index in [0.717, 1.165) is 39.1 Å². The quantitative estimate of drug-likeness (QED) is 0.151. The van der Waals surface area contributed by atoms with Crippen molar-refractivity contribution < 1.29 is 22.8 Å². The van der Waals surface area contributed by atoms with Crippen LogP contribution in [0.1, 0.15) is 36.7 Å². The van der Waals surface area contributed by atoms with Gasteiger partial charge in [0.25, 0.3) is 0 Å². The molecule has 0 spiro atoms. The van der Waals surface area contributed by atoms with Crippen LogP contribution in [0.15, 0.2) is 70.1 Å². The number of rotatable bonds is 9. The van der Waals surface area contributed by atoms with Crippen LogP contribution in [0.3, 0.4) is 0 Å². The Morgan fingerprint density at radius 3 is 2.40 bits per heavy atom. The second-order valence-electron chi connectivity index (χ2n) is 9.15. The van der Waals surface area contributed by atoms with Gasteiger partial charge in [-0.2, -0.15) is 0 Å². The Morgan fingerprint density at radius 2 is 1.77 bits per heavy atom. The normalized spacial score (nSPS) is 11.9. The van der Waals surface area contributed by atoms with E-state index in [1.54, 1.807) is 18.2 Å². The number of aromatic nitrogens is 1. The lowest BCUT2D eigenvalue weighted by Crippen LogP contribution is -2.34. The van der Waals surface area contributed by atoms with Crippen LogP contribution in [0.25, 0.3) is 22.4 Å². The van der Waals surface area contributed by atoms with E-state index in [9.17, 15) is 13.6 Å². The van der Waals surface area contributed by atoms with E-state index >= 15 is 0 Å². The number of benzene rings is 3. The molecule has 0 aliphatic heterocycles. The summed E-state index contributed by atoms with van der Waals surface area (Å²) in [5, 5.41) is 5.22. The Kier molecular flexibility index (Phi) is 9.81. The van der Waals surface area contributed by atoms with Gasteiger partial charge in [0.05, 0.1) is 15.6 Å². The molecule has 0 fully saturated rings. The average molecular weight is 620 g/mol. The first kappa shape index (κ1) is 30.0. The molecular formula is C28H26Cl2N3O5S2-. The number of hydrogen-bond acceptors (Lipinski definition) is 7. The van der Waals surface area contributed by atoms with Gasteiger partial charge in [0.2, 0.25) is 0 Å². The molecule has 3 aromatic carbocycles. The van der Waals surface area contributed by atoms with Crippen molar-refractivity contribution in [2.75, 3.05) is 7.05 Å². The van der Waals surface area contributed by atoms with Crippen molar-refractivity contribution in [2.45, 2.75) is 38.2 Å². The number of hydrogen-bond donors (Lipinski definition) is 1. The van der Waals surface area contributed by atoms with Gasteiger partial charge in [0.15, 0.2) is 0 Å². The van der Waals surface area contributed by atoms with Gasteiger partial charge in [-0.05, 0) is 65.9 Å². The lowest BCUT2D eigenvalue weighted by Gasteiger charge is -2.19. The Labute approximate surface area is 249 Å². The largest absolute Gasteiger partial charge is 0.755 e. The van der Waals surface area contributed by atoms with E-state index in [-0.39, 0.29) is 12.5 Å². The van der Waals surface area contributed by atoms with E-state index in [2.05, 4.69) is 5.16 Å². The monoisotopic (exact) mass is 618 g/mol. The highest BCUT2D eigenvalue weighted by Crippen LogP contribution is 2.39. The molecular weight excluding hydrogens is 593 g/mol. The molecule has 4 rings (SSSR count). The summed E-state index contributed by atoms with van der Waals surface area (Å²) in [5.74, 6) is 1.43. The number of aryl methyl sites for hydroxylation is 1. The van der Waals surface area contributed by atoms with Crippen LogP contribution >= 0.6 is 35.1 Å². The fraction of sp³-hybridized carbons (Fsp3) is 0.214. The number of halogens is 2. The molecule has 0 aliphatic carbocycles. The number of carbonyl (C=O) groups excluding carboxylic acids is 1. The van der Waals surface area contributed by atoms with E-state index in [0.29, 0.717) is 32.8 Å². The highest BCUT2D eigenvalue weighted by atomic mass is 35.5. The molecule has 4 aromatic rings. The van der Waals surface area contributed by atoms with Crippen molar-refractivity contribution in [3.05, 3.63) is 87.6 Å². The van der Waals surface area contributed by atoms with Crippen molar-refractivity contribution in [1.82, 2.24) is 14.2 Å². The minimum Gasteiger partial charge on any atom is -0.755 e. The number of amides is 2. The molecule has 8 nitrogen and oxygen atoms in total. The first-order valence-corrected chi connectivity index (χ1v) is 14.7. The molecule has 1 heterocycles. The molecule has 0 saturated carbocycles. The fourth-order valence-electron chi connectivity index (χ4n) is 3.94. The van der Waals surface area contributed by atoms with Crippen molar-refractivity contribution >= 4 is 52.4 Å². The van der Waals surface area contributed by atoms with E-state index < -0.39 is 17.3 Å². The third kappa shape index (κ3) is 7.00. The maximum atomic E-state index is 12.0. The van der Waals surface area contributed by atoms with Gasteiger partial charge in [0.1, 0.15) is 23.8 Å². The number of nitrogens with zero attached hydrogens (tertiary/aromatic N) is 2. The smallest absolute Gasteiger partial charge is 0.338 e. The van der Waals surface area contributed by atoms with Gasteiger partial charge in [0, 0.05) is 34.7 Å². The summed E-state index contributed by atoms with van der Waals surface area (Å²) in [5.41, 5.74) is 4.76. The topological polar surface area (TPSA) is 108 Å². The van der Waals surface area contributed by atoms with Crippen LogP contribution in [-0.4, -0.2) is 31.3 Å². The third-order valence-electron chi connectivity index (χ3n) is 5.99. The first-order valence-electron chi connectivity index (χ1n) is 12.1. The summed E-state index contributed by atoms with van der Waals surface area (Å²) in [4.78, 5) is 12.8. The van der Waals surface area contributed by atoms with Crippen LogP contribution in [0, 0.1) is 6.92 Å². The molecule has 1 aromatic heterocycles. The Hall–Kier alpha value is -3.02. The molecule has 0 saturated heterocycles. The highest BCUT2D eigenvalue weighted by Gasteiger charge is 2.24. The molecule has 40 heavy (non-hydrogen) atoms. The summed E-state index contributed by atoms with van der Waals surface area (Å²) >= 11 is 11.3. The predicted molar refractivity (Wildman–Crippen MR) is 158 cm³/mol. The fourth-order valence-corrected chi connectivity index (χ4v) is 5.67.